The highest BCUT2D eigenvalue weighted by Gasteiger charge is 2.43. The third-order valence-electron chi connectivity index (χ3n) is 3.81. The quantitative estimate of drug-likeness (QED) is 0.806. The van der Waals surface area contributed by atoms with Gasteiger partial charge in [0.1, 0.15) is 0 Å². The summed E-state index contributed by atoms with van der Waals surface area (Å²) >= 11 is 17.8. The molecule has 1 aliphatic rings. The van der Waals surface area contributed by atoms with Gasteiger partial charge < -0.3 is 11.1 Å². The molecule has 3 N–H and O–H groups in total. The third kappa shape index (κ3) is 2.84. The molecule has 1 amide bonds. The van der Waals surface area contributed by atoms with Crippen LogP contribution in [0.3, 0.4) is 0 Å². The van der Waals surface area contributed by atoms with Gasteiger partial charge in [0, 0.05) is 6.04 Å². The van der Waals surface area contributed by atoms with Crippen molar-refractivity contribution in [1.29, 1.82) is 0 Å². The van der Waals surface area contributed by atoms with Crippen LogP contribution in [0, 0.1) is 5.41 Å². The Kier molecular flexibility index (Phi) is 4.31. The molecule has 1 saturated carbocycles. The van der Waals surface area contributed by atoms with Crippen LogP contribution in [-0.2, 0) is 4.79 Å². The van der Waals surface area contributed by atoms with Crippen LogP contribution in [0.2, 0.25) is 15.1 Å². The van der Waals surface area contributed by atoms with Gasteiger partial charge in [0.05, 0.1) is 26.2 Å². The van der Waals surface area contributed by atoms with E-state index >= 15 is 0 Å². The highest BCUT2D eigenvalue weighted by molar-refractivity contribution is 6.44. The fraction of sp³-hybridized carbons (Fsp3) is 0.462. The van der Waals surface area contributed by atoms with Crippen molar-refractivity contribution in [3.05, 3.63) is 27.2 Å². The molecular weight excluding hydrogens is 307 g/mol. The van der Waals surface area contributed by atoms with Crippen molar-refractivity contribution in [2.75, 3.05) is 5.32 Å². The Morgan fingerprint density at radius 3 is 2.53 bits per heavy atom. The van der Waals surface area contributed by atoms with Gasteiger partial charge in [-0.15, -0.1) is 0 Å². The van der Waals surface area contributed by atoms with Crippen molar-refractivity contribution in [2.24, 2.45) is 11.1 Å². The van der Waals surface area contributed by atoms with Gasteiger partial charge in [0.15, 0.2) is 0 Å². The first kappa shape index (κ1) is 14.9. The average Bonchev–Trinajstić information content (AvgIpc) is 2.68. The molecule has 1 aromatic carbocycles. The van der Waals surface area contributed by atoms with Gasteiger partial charge in [-0.2, -0.15) is 0 Å². The van der Waals surface area contributed by atoms with E-state index in [1.165, 1.54) is 6.07 Å². The van der Waals surface area contributed by atoms with E-state index in [9.17, 15) is 4.79 Å². The number of hydrogen-bond donors (Lipinski definition) is 2. The minimum atomic E-state index is -0.560. The molecular formula is C13H15Cl3N2O. The fourth-order valence-corrected chi connectivity index (χ4v) is 2.95. The normalized spacial score (nSPS) is 26.5. The van der Waals surface area contributed by atoms with E-state index in [0.29, 0.717) is 20.8 Å². The lowest BCUT2D eigenvalue weighted by Gasteiger charge is -2.27. The van der Waals surface area contributed by atoms with Gasteiger partial charge in [-0.05, 0) is 31.9 Å². The standard InChI is InChI=1S/C13H15Cl3N2O/c1-13(4-2-3-11(13)17)12(19)18-10-6-8(15)7(14)5-9(10)16/h5-6,11H,2-4,17H2,1H3,(H,18,19). The number of halogens is 3. The third-order valence-corrected chi connectivity index (χ3v) is 4.84. The average molecular weight is 322 g/mol. The number of benzene rings is 1. The van der Waals surface area contributed by atoms with Gasteiger partial charge >= 0.3 is 0 Å². The lowest BCUT2D eigenvalue weighted by atomic mass is 9.84. The van der Waals surface area contributed by atoms with E-state index in [1.54, 1.807) is 6.07 Å². The molecule has 1 fully saturated rings. The summed E-state index contributed by atoms with van der Waals surface area (Å²) in [6, 6.07) is 2.93. The molecule has 0 aliphatic heterocycles. The summed E-state index contributed by atoms with van der Waals surface area (Å²) in [6.45, 7) is 1.88. The first-order valence-corrected chi connectivity index (χ1v) is 7.19. The number of hydrogen-bond acceptors (Lipinski definition) is 2. The molecule has 1 aliphatic carbocycles. The lowest BCUT2D eigenvalue weighted by Crippen LogP contribution is -2.44. The Labute approximate surface area is 127 Å². The topological polar surface area (TPSA) is 55.1 Å². The second-order valence-electron chi connectivity index (χ2n) is 5.12. The van der Waals surface area contributed by atoms with Crippen molar-refractivity contribution in [2.45, 2.75) is 32.2 Å². The van der Waals surface area contributed by atoms with Crippen molar-refractivity contribution in [3.63, 3.8) is 0 Å². The van der Waals surface area contributed by atoms with E-state index in [2.05, 4.69) is 5.32 Å². The van der Waals surface area contributed by atoms with Crippen LogP contribution in [0.15, 0.2) is 12.1 Å². The van der Waals surface area contributed by atoms with Gasteiger partial charge in [-0.1, -0.05) is 41.2 Å². The van der Waals surface area contributed by atoms with E-state index in [-0.39, 0.29) is 11.9 Å². The molecule has 6 heteroatoms. The predicted molar refractivity (Wildman–Crippen MR) is 80.0 cm³/mol. The molecule has 2 unspecified atom stereocenters. The summed E-state index contributed by atoms with van der Waals surface area (Å²) in [5.74, 6) is -0.127. The molecule has 19 heavy (non-hydrogen) atoms. The Hall–Kier alpha value is -0.480. The van der Waals surface area contributed by atoms with Gasteiger partial charge in [0.2, 0.25) is 5.91 Å². The summed E-state index contributed by atoms with van der Waals surface area (Å²) < 4.78 is 0. The highest BCUT2D eigenvalue weighted by atomic mass is 35.5. The van der Waals surface area contributed by atoms with E-state index < -0.39 is 5.41 Å². The molecule has 3 nitrogen and oxygen atoms in total. The molecule has 0 heterocycles. The molecule has 0 spiro atoms. The monoisotopic (exact) mass is 320 g/mol. The molecule has 1 aromatic rings. The molecule has 104 valence electrons. The minimum Gasteiger partial charge on any atom is -0.327 e. The van der Waals surface area contributed by atoms with Crippen LogP contribution < -0.4 is 11.1 Å². The largest absolute Gasteiger partial charge is 0.327 e. The Morgan fingerprint density at radius 2 is 1.95 bits per heavy atom. The predicted octanol–water partition coefficient (Wildman–Crippen LogP) is 4.10. The number of rotatable bonds is 2. The number of nitrogens with one attached hydrogen (secondary N) is 1. The van der Waals surface area contributed by atoms with Gasteiger partial charge in [-0.25, -0.2) is 0 Å². The summed E-state index contributed by atoms with van der Waals surface area (Å²) in [5.41, 5.74) is 5.92. The SMILES string of the molecule is CC1(C(=O)Nc2cc(Cl)c(Cl)cc2Cl)CCCC1N. The first-order valence-electron chi connectivity index (χ1n) is 6.06. The summed E-state index contributed by atoms with van der Waals surface area (Å²) in [7, 11) is 0. The minimum absolute atomic E-state index is 0.127. The van der Waals surface area contributed by atoms with E-state index in [0.717, 1.165) is 19.3 Å². The highest BCUT2D eigenvalue weighted by Crippen LogP contribution is 2.39. The summed E-state index contributed by atoms with van der Waals surface area (Å²) in [6.07, 6.45) is 2.60. The van der Waals surface area contributed by atoms with Crippen molar-refractivity contribution < 1.29 is 4.79 Å². The second kappa shape index (κ2) is 5.49. The number of amides is 1. The number of carbonyl (C=O) groups excluding carboxylic acids is 1. The first-order chi connectivity index (χ1) is 8.84. The number of carbonyl (C=O) groups is 1. The van der Waals surface area contributed by atoms with Gasteiger partial charge in [0.25, 0.3) is 0 Å². The van der Waals surface area contributed by atoms with Crippen LogP contribution in [0.5, 0.6) is 0 Å². The zero-order valence-electron chi connectivity index (χ0n) is 10.5. The number of nitrogens with two attached hydrogens (primary N) is 1. The maximum Gasteiger partial charge on any atom is 0.231 e. The lowest BCUT2D eigenvalue weighted by molar-refractivity contribution is -0.125. The Morgan fingerprint density at radius 1 is 1.32 bits per heavy atom. The zero-order chi connectivity index (χ0) is 14.2. The summed E-state index contributed by atoms with van der Waals surface area (Å²) in [4.78, 5) is 12.4. The molecule has 2 atom stereocenters. The Bertz CT molecular complexity index is 521. The summed E-state index contributed by atoms with van der Waals surface area (Å²) in [5, 5.41) is 3.86. The van der Waals surface area contributed by atoms with Crippen LogP contribution >= 0.6 is 34.8 Å². The van der Waals surface area contributed by atoms with Crippen LogP contribution in [0.25, 0.3) is 0 Å². The molecule has 2 rings (SSSR count). The van der Waals surface area contributed by atoms with E-state index in [1.807, 2.05) is 6.92 Å². The maximum atomic E-state index is 12.4. The maximum absolute atomic E-state index is 12.4. The fourth-order valence-electron chi connectivity index (χ4n) is 2.36. The molecule has 0 saturated heterocycles. The van der Waals surface area contributed by atoms with Crippen molar-refractivity contribution in [3.8, 4) is 0 Å². The Balaban J connectivity index is 2.22. The van der Waals surface area contributed by atoms with E-state index in [4.69, 9.17) is 40.5 Å². The molecule has 0 radical (unpaired) electrons. The molecule has 0 aromatic heterocycles. The van der Waals surface area contributed by atoms with Crippen LogP contribution in [0.1, 0.15) is 26.2 Å². The smallest absolute Gasteiger partial charge is 0.231 e. The van der Waals surface area contributed by atoms with Crippen molar-refractivity contribution in [1.82, 2.24) is 0 Å². The van der Waals surface area contributed by atoms with Crippen molar-refractivity contribution >= 4 is 46.4 Å². The number of anilines is 1. The molecule has 0 bridgehead atoms. The van der Waals surface area contributed by atoms with Crippen LogP contribution in [-0.4, -0.2) is 11.9 Å². The van der Waals surface area contributed by atoms with Crippen LogP contribution in [0.4, 0.5) is 5.69 Å². The zero-order valence-corrected chi connectivity index (χ0v) is 12.7. The van der Waals surface area contributed by atoms with Gasteiger partial charge in [-0.3, -0.25) is 4.79 Å². The second-order valence-corrected chi connectivity index (χ2v) is 6.34.